The molecule has 0 spiro atoms. The highest BCUT2D eigenvalue weighted by Crippen LogP contribution is 1.75. The van der Waals surface area contributed by atoms with Gasteiger partial charge >= 0.3 is 0 Å². The molecule has 1 nitrogen and oxygen atoms in total. The number of hydrogen-bond acceptors (Lipinski definition) is 2. The lowest BCUT2D eigenvalue weighted by atomic mass is 10.8. The van der Waals surface area contributed by atoms with Crippen LogP contribution in [0.1, 0.15) is 0 Å². The summed E-state index contributed by atoms with van der Waals surface area (Å²) >= 11 is 4.35. The van der Waals surface area contributed by atoms with Gasteiger partial charge in [-0.2, -0.15) is 0 Å². The van der Waals surface area contributed by atoms with E-state index in [0.717, 1.165) is 6.04 Å². The molecule has 0 aliphatic heterocycles. The second-order valence-corrected chi connectivity index (χ2v) is 2.57. The van der Waals surface area contributed by atoms with Crippen LogP contribution in [-0.4, -0.2) is 14.8 Å². The average molecular weight is 129 g/mol. The molecule has 0 aromatic rings. The second-order valence-electron chi connectivity index (χ2n) is 1.05. The van der Waals surface area contributed by atoms with Crippen molar-refractivity contribution in [2.45, 2.75) is 6.04 Å². The first kappa shape index (κ1) is 6.76. The Morgan fingerprint density at radius 2 is 2.71 bits per heavy atom. The van der Waals surface area contributed by atoms with Gasteiger partial charge in [-0.15, -0.1) is 6.58 Å². The van der Waals surface area contributed by atoms with Crippen molar-refractivity contribution in [1.82, 2.24) is 0 Å². The zero-order valence-electron chi connectivity index (χ0n) is 4.05. The minimum Gasteiger partial charge on any atom is -0.281 e. The van der Waals surface area contributed by atoms with E-state index in [0.29, 0.717) is 0 Å². The smallest absolute Gasteiger partial charge is 0.167 e. The normalized spacial score (nSPS) is 8.57. The van der Waals surface area contributed by atoms with Crippen molar-refractivity contribution in [2.75, 3.05) is 0 Å². The Morgan fingerprint density at radius 3 is 3.14 bits per heavy atom. The van der Waals surface area contributed by atoms with Crippen LogP contribution in [0.15, 0.2) is 17.3 Å². The highest BCUT2D eigenvalue weighted by Gasteiger charge is 1.71. The van der Waals surface area contributed by atoms with E-state index < -0.39 is 0 Å². The molecule has 3 heteroatoms. The van der Waals surface area contributed by atoms with Crippen molar-refractivity contribution in [3.8, 4) is 0 Å². The summed E-state index contributed by atoms with van der Waals surface area (Å²) in [5.74, 6) is 0. The maximum atomic E-state index is 4.35. The number of hydrogen-bond donors (Lipinski definition) is 0. The van der Waals surface area contributed by atoms with Gasteiger partial charge in [0.2, 0.25) is 0 Å². The van der Waals surface area contributed by atoms with Crippen LogP contribution in [0.3, 0.4) is 0 Å². The molecule has 0 aliphatic carbocycles. The van der Waals surface area contributed by atoms with Gasteiger partial charge in [0.15, 0.2) is 9.68 Å². The molecule has 0 N–H and O–H groups in total. The van der Waals surface area contributed by atoms with Crippen LogP contribution < -0.4 is 0 Å². The van der Waals surface area contributed by atoms with E-state index in [4.69, 9.17) is 0 Å². The molecule has 0 radical (unpaired) electrons. The molecule has 0 heterocycles. The highest BCUT2D eigenvalue weighted by atomic mass is 32.1. The Hall–Kier alpha value is -0.243. The van der Waals surface area contributed by atoms with Crippen LogP contribution in [0.2, 0.25) is 6.04 Å². The van der Waals surface area contributed by atoms with Crippen LogP contribution in [-0.2, 0) is 0 Å². The molecule has 0 rings (SSSR count). The first-order valence-corrected chi connectivity index (χ1v) is 4.10. The third-order valence-electron chi connectivity index (χ3n) is 0.510. The van der Waals surface area contributed by atoms with Crippen LogP contribution in [0, 0.1) is 0 Å². The minimum atomic E-state index is -0.297. The summed E-state index contributed by atoms with van der Waals surface area (Å²) in [6.07, 6.45) is 1.86. The first-order valence-electron chi connectivity index (χ1n) is 2.06. The highest BCUT2D eigenvalue weighted by molar-refractivity contribution is 7.78. The van der Waals surface area contributed by atoms with Crippen molar-refractivity contribution >= 4 is 27.1 Å². The molecule has 0 bridgehead atoms. The van der Waals surface area contributed by atoms with E-state index in [1.165, 1.54) is 0 Å². The number of nitrogens with zero attached hydrogens (tertiary/aromatic N) is 1. The second kappa shape index (κ2) is 5.76. The van der Waals surface area contributed by atoms with Gasteiger partial charge in [0, 0.05) is 5.16 Å². The quantitative estimate of drug-likeness (QED) is 0.180. The third-order valence-corrected chi connectivity index (χ3v) is 1.92. The van der Waals surface area contributed by atoms with Crippen molar-refractivity contribution in [2.24, 2.45) is 4.66 Å². The fraction of sp³-hybridized carbons (Fsp3) is 0.250. The summed E-state index contributed by atoms with van der Waals surface area (Å²) in [5, 5.41) is 2.32. The number of thiocarbonyl (C=S) groups is 1. The molecule has 0 aromatic carbocycles. The molecule has 38 valence electrons. The van der Waals surface area contributed by atoms with E-state index >= 15 is 0 Å². The standard InChI is InChI=1S/C4H7NSSi/c1-2-3-7-5-4-6/h2H,1,3,7H2. The van der Waals surface area contributed by atoms with Gasteiger partial charge in [-0.05, 0) is 18.3 Å². The zero-order chi connectivity index (χ0) is 5.54. The van der Waals surface area contributed by atoms with Crippen molar-refractivity contribution in [3.63, 3.8) is 0 Å². The van der Waals surface area contributed by atoms with Crippen molar-refractivity contribution < 1.29 is 0 Å². The summed E-state index contributed by atoms with van der Waals surface area (Å²) in [5.41, 5.74) is 0. The van der Waals surface area contributed by atoms with Gasteiger partial charge in [0.05, 0.1) is 0 Å². The van der Waals surface area contributed by atoms with Crippen LogP contribution in [0.25, 0.3) is 0 Å². The third kappa shape index (κ3) is 5.76. The number of isothiocyanates is 1. The predicted molar refractivity (Wildman–Crippen MR) is 38.6 cm³/mol. The SMILES string of the molecule is C=CC[SiH2]N=C=S. The van der Waals surface area contributed by atoms with Crippen molar-refractivity contribution in [1.29, 1.82) is 0 Å². The molecule has 0 amide bonds. The Morgan fingerprint density at radius 1 is 2.00 bits per heavy atom. The summed E-state index contributed by atoms with van der Waals surface area (Å²) in [6, 6.07) is 1.03. The predicted octanol–water partition coefficient (Wildman–Crippen LogP) is 0.777. The fourth-order valence-electron chi connectivity index (χ4n) is 0.201. The van der Waals surface area contributed by atoms with Gasteiger partial charge in [0.25, 0.3) is 0 Å². The van der Waals surface area contributed by atoms with E-state index in [-0.39, 0.29) is 9.68 Å². The molecule has 0 saturated heterocycles. The molecule has 7 heavy (non-hydrogen) atoms. The molecule has 0 atom stereocenters. The lowest BCUT2D eigenvalue weighted by molar-refractivity contribution is 1.66. The minimum absolute atomic E-state index is 0.297. The first-order chi connectivity index (χ1) is 3.41. The summed E-state index contributed by atoms with van der Waals surface area (Å²) in [4.78, 5) is 0. The molecule has 0 aromatic heterocycles. The fourth-order valence-corrected chi connectivity index (χ4v) is 0.878. The maximum absolute atomic E-state index is 4.35. The van der Waals surface area contributed by atoms with Gasteiger partial charge in [-0.25, -0.2) is 0 Å². The van der Waals surface area contributed by atoms with E-state index in [1.54, 1.807) is 0 Å². The Balaban J connectivity index is 2.97. The van der Waals surface area contributed by atoms with Gasteiger partial charge in [-0.1, -0.05) is 6.08 Å². The van der Waals surface area contributed by atoms with Crippen LogP contribution in [0.4, 0.5) is 0 Å². The zero-order valence-corrected chi connectivity index (χ0v) is 6.28. The van der Waals surface area contributed by atoms with Gasteiger partial charge < -0.3 is 0 Å². The van der Waals surface area contributed by atoms with Crippen molar-refractivity contribution in [3.05, 3.63) is 12.7 Å². The summed E-state index contributed by atoms with van der Waals surface area (Å²) in [6.45, 7) is 3.55. The van der Waals surface area contributed by atoms with Crippen LogP contribution >= 0.6 is 12.2 Å². The largest absolute Gasteiger partial charge is 0.281 e. The lowest BCUT2D eigenvalue weighted by Gasteiger charge is -1.74. The molecular weight excluding hydrogens is 122 g/mol. The molecule has 0 aliphatic rings. The van der Waals surface area contributed by atoms with E-state index in [1.807, 2.05) is 6.08 Å². The monoisotopic (exact) mass is 129 g/mol. The molecule has 0 fully saturated rings. The Labute approximate surface area is 51.1 Å². The molecule has 0 unspecified atom stereocenters. The number of allylic oxidation sites excluding steroid dienone is 1. The van der Waals surface area contributed by atoms with E-state index in [9.17, 15) is 0 Å². The lowest BCUT2D eigenvalue weighted by Crippen LogP contribution is -1.76. The molecular formula is C4H7NSSi. The summed E-state index contributed by atoms with van der Waals surface area (Å²) in [7, 11) is -0.297. The Bertz CT molecular complexity index is 95.9. The Kier molecular flexibility index (Phi) is 5.56. The topological polar surface area (TPSA) is 12.4 Å². The van der Waals surface area contributed by atoms with Gasteiger partial charge in [0.1, 0.15) is 0 Å². The van der Waals surface area contributed by atoms with Gasteiger partial charge in [-0.3, -0.25) is 4.66 Å². The summed E-state index contributed by atoms with van der Waals surface area (Å²) < 4.78 is 3.79. The van der Waals surface area contributed by atoms with E-state index in [2.05, 4.69) is 28.6 Å². The maximum Gasteiger partial charge on any atom is 0.167 e. The van der Waals surface area contributed by atoms with Crippen LogP contribution in [0.5, 0.6) is 0 Å². The molecule has 0 saturated carbocycles. The average Bonchev–Trinajstić information content (AvgIpc) is 1.69. The number of rotatable bonds is 3.